The van der Waals surface area contributed by atoms with Crippen LogP contribution >= 0.6 is 0 Å². The third-order valence-corrected chi connectivity index (χ3v) is 3.85. The second-order valence-corrected chi connectivity index (χ2v) is 5.53. The van der Waals surface area contributed by atoms with E-state index in [4.69, 9.17) is 9.47 Å². The minimum Gasteiger partial charge on any atom is -0.375 e. The van der Waals surface area contributed by atoms with Crippen molar-refractivity contribution in [1.29, 1.82) is 0 Å². The number of nitrogens with one attached hydrogen (secondary N) is 2. The van der Waals surface area contributed by atoms with Crippen molar-refractivity contribution < 1.29 is 14.3 Å². The highest BCUT2D eigenvalue weighted by atomic mass is 16.5. The minimum absolute atomic E-state index is 0.0539. The van der Waals surface area contributed by atoms with E-state index in [1.165, 1.54) is 0 Å². The van der Waals surface area contributed by atoms with E-state index in [1.54, 1.807) is 0 Å². The van der Waals surface area contributed by atoms with Crippen molar-refractivity contribution in [3.8, 4) is 0 Å². The summed E-state index contributed by atoms with van der Waals surface area (Å²) in [6.45, 7) is 8.51. The molecule has 0 bridgehead atoms. The van der Waals surface area contributed by atoms with Gasteiger partial charge in [-0.05, 0) is 26.7 Å². The van der Waals surface area contributed by atoms with Gasteiger partial charge in [-0.2, -0.15) is 0 Å². The van der Waals surface area contributed by atoms with Gasteiger partial charge in [0.1, 0.15) is 12.6 Å². The molecule has 0 saturated carbocycles. The Bertz CT molecular complexity index is 383. The summed E-state index contributed by atoms with van der Waals surface area (Å²) in [5.74, 6) is 0.724. The summed E-state index contributed by atoms with van der Waals surface area (Å²) in [4.78, 5) is 18.2. The lowest BCUT2D eigenvalue weighted by atomic mass is 10.1. The SMILES string of the molecule is CCNC(=O)CN=C(NCC)N1CCOC(C2CCCO2)C1. The fourth-order valence-corrected chi connectivity index (χ4v) is 2.81. The normalized spacial score (nSPS) is 26.1. The molecule has 2 unspecified atom stereocenters. The molecular weight excluding hydrogens is 284 g/mol. The van der Waals surface area contributed by atoms with E-state index in [2.05, 4.69) is 20.5 Å². The molecule has 0 radical (unpaired) electrons. The van der Waals surface area contributed by atoms with Crippen LogP contribution in [0.1, 0.15) is 26.7 Å². The van der Waals surface area contributed by atoms with Crippen molar-refractivity contribution in [2.75, 3.05) is 45.9 Å². The molecular formula is C15H28N4O3. The quantitative estimate of drug-likeness (QED) is 0.551. The first-order chi connectivity index (χ1) is 10.7. The van der Waals surface area contributed by atoms with E-state index in [1.807, 2.05) is 13.8 Å². The number of ether oxygens (including phenoxy) is 2. The smallest absolute Gasteiger partial charge is 0.241 e. The zero-order chi connectivity index (χ0) is 15.8. The van der Waals surface area contributed by atoms with Gasteiger partial charge in [0.2, 0.25) is 5.91 Å². The maximum absolute atomic E-state index is 11.6. The lowest BCUT2D eigenvalue weighted by Gasteiger charge is -2.37. The van der Waals surface area contributed by atoms with Gasteiger partial charge in [0.25, 0.3) is 0 Å². The minimum atomic E-state index is -0.0539. The molecule has 2 atom stereocenters. The Morgan fingerprint density at radius 3 is 2.64 bits per heavy atom. The molecule has 0 aromatic heterocycles. The number of hydrogen-bond acceptors (Lipinski definition) is 4. The third kappa shape index (κ3) is 4.84. The monoisotopic (exact) mass is 312 g/mol. The maximum Gasteiger partial charge on any atom is 0.241 e. The molecule has 1 amide bonds. The first-order valence-electron chi connectivity index (χ1n) is 8.27. The second kappa shape index (κ2) is 8.95. The van der Waals surface area contributed by atoms with Gasteiger partial charge in [-0.1, -0.05) is 0 Å². The number of morpholine rings is 1. The molecule has 2 N–H and O–H groups in total. The zero-order valence-corrected chi connectivity index (χ0v) is 13.6. The van der Waals surface area contributed by atoms with Crippen LogP contribution in [0.5, 0.6) is 0 Å². The van der Waals surface area contributed by atoms with E-state index in [0.29, 0.717) is 13.2 Å². The van der Waals surface area contributed by atoms with Gasteiger partial charge in [0.15, 0.2) is 5.96 Å². The molecule has 2 aliphatic rings. The predicted molar refractivity (Wildman–Crippen MR) is 84.9 cm³/mol. The number of carbonyl (C=O) groups is 1. The molecule has 22 heavy (non-hydrogen) atoms. The molecule has 2 aliphatic heterocycles. The van der Waals surface area contributed by atoms with Crippen molar-refractivity contribution in [2.45, 2.75) is 38.9 Å². The number of carbonyl (C=O) groups excluding carboxylic acids is 1. The topological polar surface area (TPSA) is 75.2 Å². The van der Waals surface area contributed by atoms with Crippen LogP contribution in [0.3, 0.4) is 0 Å². The predicted octanol–water partition coefficient (Wildman–Crippen LogP) is -0.0322. The number of amides is 1. The Labute approximate surface area is 132 Å². The Morgan fingerprint density at radius 2 is 1.95 bits per heavy atom. The molecule has 2 fully saturated rings. The van der Waals surface area contributed by atoms with Gasteiger partial charge in [0, 0.05) is 32.8 Å². The average molecular weight is 312 g/mol. The number of aliphatic imine (C=N–C) groups is 1. The highest BCUT2D eigenvalue weighted by Crippen LogP contribution is 2.20. The summed E-state index contributed by atoms with van der Waals surface area (Å²) in [5.41, 5.74) is 0. The van der Waals surface area contributed by atoms with Crippen LogP contribution in [-0.4, -0.2) is 74.9 Å². The molecule has 7 nitrogen and oxygen atoms in total. The largest absolute Gasteiger partial charge is 0.375 e. The Balaban J connectivity index is 1.94. The van der Waals surface area contributed by atoms with Crippen molar-refractivity contribution in [3.05, 3.63) is 0 Å². The molecule has 0 aromatic rings. The van der Waals surface area contributed by atoms with Crippen LogP contribution in [0.2, 0.25) is 0 Å². The average Bonchev–Trinajstić information content (AvgIpc) is 3.06. The molecule has 2 saturated heterocycles. The van der Waals surface area contributed by atoms with Crippen LogP contribution in [0, 0.1) is 0 Å². The molecule has 0 aromatic carbocycles. The number of guanidine groups is 1. The summed E-state index contributed by atoms with van der Waals surface area (Å²) in [6, 6.07) is 0. The van der Waals surface area contributed by atoms with Gasteiger partial charge in [-0.15, -0.1) is 0 Å². The lowest BCUT2D eigenvalue weighted by Crippen LogP contribution is -2.53. The standard InChI is InChI=1S/C15H28N4O3/c1-3-16-14(20)10-18-15(17-4-2)19-7-9-22-13(11-19)12-6-5-8-21-12/h12-13H,3-11H2,1-2H3,(H,16,20)(H,17,18). The molecule has 0 aliphatic carbocycles. The first kappa shape index (κ1) is 17.0. The second-order valence-electron chi connectivity index (χ2n) is 5.53. The maximum atomic E-state index is 11.6. The van der Waals surface area contributed by atoms with Crippen LogP contribution in [-0.2, 0) is 14.3 Å². The van der Waals surface area contributed by atoms with E-state index in [-0.39, 0.29) is 24.7 Å². The van der Waals surface area contributed by atoms with Crippen LogP contribution in [0.15, 0.2) is 4.99 Å². The van der Waals surface area contributed by atoms with E-state index in [0.717, 1.165) is 45.0 Å². The molecule has 0 spiro atoms. The van der Waals surface area contributed by atoms with E-state index >= 15 is 0 Å². The number of hydrogen-bond donors (Lipinski definition) is 2. The Kier molecular flexibility index (Phi) is 6.92. The number of nitrogens with zero attached hydrogens (tertiary/aromatic N) is 2. The van der Waals surface area contributed by atoms with Crippen LogP contribution < -0.4 is 10.6 Å². The van der Waals surface area contributed by atoms with Crippen molar-refractivity contribution in [2.24, 2.45) is 4.99 Å². The molecule has 2 heterocycles. The van der Waals surface area contributed by atoms with Crippen LogP contribution in [0.25, 0.3) is 0 Å². The van der Waals surface area contributed by atoms with Crippen molar-refractivity contribution >= 4 is 11.9 Å². The van der Waals surface area contributed by atoms with Gasteiger partial charge in [-0.25, -0.2) is 4.99 Å². The fourth-order valence-electron chi connectivity index (χ4n) is 2.81. The van der Waals surface area contributed by atoms with Crippen molar-refractivity contribution in [3.63, 3.8) is 0 Å². The zero-order valence-electron chi connectivity index (χ0n) is 13.6. The van der Waals surface area contributed by atoms with Gasteiger partial charge < -0.3 is 25.0 Å². The first-order valence-corrected chi connectivity index (χ1v) is 8.27. The summed E-state index contributed by atoms with van der Waals surface area (Å²) in [7, 11) is 0. The number of rotatable bonds is 5. The summed E-state index contributed by atoms with van der Waals surface area (Å²) >= 11 is 0. The van der Waals surface area contributed by atoms with Crippen LogP contribution in [0.4, 0.5) is 0 Å². The van der Waals surface area contributed by atoms with Gasteiger partial charge >= 0.3 is 0 Å². The van der Waals surface area contributed by atoms with Gasteiger partial charge in [0.05, 0.1) is 12.7 Å². The van der Waals surface area contributed by atoms with Gasteiger partial charge in [-0.3, -0.25) is 4.79 Å². The van der Waals surface area contributed by atoms with E-state index in [9.17, 15) is 4.79 Å². The van der Waals surface area contributed by atoms with Crippen molar-refractivity contribution in [1.82, 2.24) is 15.5 Å². The fraction of sp³-hybridized carbons (Fsp3) is 0.867. The third-order valence-electron chi connectivity index (χ3n) is 3.85. The summed E-state index contributed by atoms with van der Waals surface area (Å²) < 4.78 is 11.6. The van der Waals surface area contributed by atoms with E-state index < -0.39 is 0 Å². The summed E-state index contributed by atoms with van der Waals surface area (Å²) in [5, 5.41) is 6.02. The molecule has 126 valence electrons. The highest BCUT2D eigenvalue weighted by molar-refractivity contribution is 5.85. The molecule has 2 rings (SSSR count). The summed E-state index contributed by atoms with van der Waals surface area (Å²) in [6.07, 6.45) is 2.44. The lowest BCUT2D eigenvalue weighted by molar-refractivity contribution is -0.119. The molecule has 7 heteroatoms. The highest BCUT2D eigenvalue weighted by Gasteiger charge is 2.32. The Hall–Kier alpha value is -1.34. The number of likely N-dealkylation sites (N-methyl/N-ethyl adjacent to an activating group) is 1. The Morgan fingerprint density at radius 1 is 1.18 bits per heavy atom.